The van der Waals surface area contributed by atoms with Crippen LogP contribution in [0.5, 0.6) is 0 Å². The highest BCUT2D eigenvalue weighted by atomic mass is 35.5. The van der Waals surface area contributed by atoms with E-state index < -0.39 is 15.8 Å². The summed E-state index contributed by atoms with van der Waals surface area (Å²) in [5, 5.41) is -0.225. The van der Waals surface area contributed by atoms with Crippen molar-refractivity contribution in [3.63, 3.8) is 0 Å². The Kier molecular flexibility index (Phi) is 7.73. The number of halogens is 2. The van der Waals surface area contributed by atoms with Gasteiger partial charge in [-0.2, -0.15) is 4.31 Å². The van der Waals surface area contributed by atoms with E-state index in [4.69, 9.17) is 11.6 Å². The van der Waals surface area contributed by atoms with Gasteiger partial charge in [-0.05, 0) is 49.9 Å². The van der Waals surface area contributed by atoms with E-state index in [9.17, 15) is 17.6 Å². The molecule has 1 aliphatic rings. The van der Waals surface area contributed by atoms with Crippen molar-refractivity contribution < 1.29 is 17.6 Å². The van der Waals surface area contributed by atoms with Crippen LogP contribution in [-0.2, 0) is 21.4 Å². The lowest BCUT2D eigenvalue weighted by Gasteiger charge is -2.33. The standard InChI is InChI=1S/C23H28ClFN2O3S/c1-3-12-26(16-18-6-4-17(2)5-7-18)23(28)19-10-13-27(14-11-19)31(29,30)20-8-9-22(25)21(24)15-20/h4-9,15,19H,3,10-14,16H2,1-2H3. The summed E-state index contributed by atoms with van der Waals surface area (Å²) in [6.45, 7) is 5.79. The second-order valence-corrected chi connectivity index (χ2v) is 10.3. The van der Waals surface area contributed by atoms with Gasteiger partial charge in [-0.15, -0.1) is 0 Å². The zero-order valence-corrected chi connectivity index (χ0v) is 19.4. The Balaban J connectivity index is 1.65. The van der Waals surface area contributed by atoms with Gasteiger partial charge in [-0.25, -0.2) is 12.8 Å². The first-order valence-corrected chi connectivity index (χ1v) is 12.3. The van der Waals surface area contributed by atoms with E-state index in [1.165, 1.54) is 15.9 Å². The molecule has 31 heavy (non-hydrogen) atoms. The van der Waals surface area contributed by atoms with Crippen LogP contribution in [0.15, 0.2) is 47.4 Å². The molecule has 0 N–H and O–H groups in total. The van der Waals surface area contributed by atoms with E-state index in [2.05, 4.69) is 0 Å². The fraction of sp³-hybridized carbons (Fsp3) is 0.435. The Bertz CT molecular complexity index is 1020. The monoisotopic (exact) mass is 466 g/mol. The predicted octanol–water partition coefficient (Wildman–Crippen LogP) is 4.63. The third-order valence-corrected chi connectivity index (χ3v) is 7.82. The van der Waals surface area contributed by atoms with Crippen molar-refractivity contribution in [1.29, 1.82) is 0 Å². The van der Waals surface area contributed by atoms with E-state index in [1.807, 2.05) is 43.0 Å². The van der Waals surface area contributed by atoms with Crippen molar-refractivity contribution in [2.24, 2.45) is 5.92 Å². The molecule has 1 saturated heterocycles. The topological polar surface area (TPSA) is 57.7 Å². The third-order valence-electron chi connectivity index (χ3n) is 5.63. The zero-order chi connectivity index (χ0) is 22.6. The number of benzene rings is 2. The van der Waals surface area contributed by atoms with Crippen LogP contribution in [-0.4, -0.2) is 43.2 Å². The lowest BCUT2D eigenvalue weighted by molar-refractivity contribution is -0.137. The Morgan fingerprint density at radius 1 is 1.16 bits per heavy atom. The minimum absolute atomic E-state index is 0.0318. The fourth-order valence-corrected chi connectivity index (χ4v) is 5.58. The van der Waals surface area contributed by atoms with Gasteiger partial charge < -0.3 is 4.90 Å². The summed E-state index contributed by atoms with van der Waals surface area (Å²) in [5.74, 6) is -0.793. The maximum atomic E-state index is 13.4. The molecule has 0 bridgehead atoms. The van der Waals surface area contributed by atoms with E-state index in [-0.39, 0.29) is 34.8 Å². The van der Waals surface area contributed by atoms with Crippen LogP contribution >= 0.6 is 11.6 Å². The molecule has 1 heterocycles. The van der Waals surface area contributed by atoms with Crippen LogP contribution in [0.4, 0.5) is 4.39 Å². The second kappa shape index (κ2) is 10.1. The number of amides is 1. The smallest absolute Gasteiger partial charge is 0.243 e. The minimum atomic E-state index is -3.78. The Morgan fingerprint density at radius 2 is 1.81 bits per heavy atom. The summed E-state index contributed by atoms with van der Waals surface area (Å²) in [6, 6.07) is 11.6. The molecule has 0 aromatic heterocycles. The van der Waals surface area contributed by atoms with Crippen molar-refractivity contribution in [2.45, 2.75) is 44.6 Å². The summed E-state index contributed by atoms with van der Waals surface area (Å²) < 4.78 is 40.5. The van der Waals surface area contributed by atoms with Crippen molar-refractivity contribution in [3.05, 3.63) is 64.4 Å². The summed E-state index contributed by atoms with van der Waals surface area (Å²) >= 11 is 5.76. The number of sulfonamides is 1. The number of rotatable bonds is 7. The van der Waals surface area contributed by atoms with Crippen LogP contribution in [0.1, 0.15) is 37.3 Å². The van der Waals surface area contributed by atoms with E-state index >= 15 is 0 Å². The molecule has 0 unspecified atom stereocenters. The fourth-order valence-electron chi connectivity index (χ4n) is 3.84. The summed E-state index contributed by atoms with van der Waals surface area (Å²) in [5.41, 5.74) is 2.26. The van der Waals surface area contributed by atoms with Gasteiger partial charge in [0, 0.05) is 32.1 Å². The summed E-state index contributed by atoms with van der Waals surface area (Å²) in [7, 11) is -3.78. The number of nitrogens with zero attached hydrogens (tertiary/aromatic N) is 2. The van der Waals surface area contributed by atoms with Crippen LogP contribution in [0, 0.1) is 18.7 Å². The zero-order valence-electron chi connectivity index (χ0n) is 17.9. The third kappa shape index (κ3) is 5.64. The summed E-state index contributed by atoms with van der Waals surface area (Å²) in [4.78, 5) is 15.0. The number of carbonyl (C=O) groups is 1. The average molecular weight is 467 g/mol. The number of carbonyl (C=O) groups excluding carboxylic acids is 1. The molecule has 1 aliphatic heterocycles. The van der Waals surface area contributed by atoms with Gasteiger partial charge in [-0.1, -0.05) is 48.4 Å². The van der Waals surface area contributed by atoms with Gasteiger partial charge in [0.25, 0.3) is 0 Å². The van der Waals surface area contributed by atoms with Gasteiger partial charge >= 0.3 is 0 Å². The highest BCUT2D eigenvalue weighted by molar-refractivity contribution is 7.89. The van der Waals surface area contributed by atoms with E-state index in [0.717, 1.165) is 24.1 Å². The van der Waals surface area contributed by atoms with Gasteiger partial charge in [0.15, 0.2) is 0 Å². The van der Waals surface area contributed by atoms with E-state index in [0.29, 0.717) is 25.9 Å². The Labute approximate surface area is 188 Å². The molecule has 0 radical (unpaired) electrons. The highest BCUT2D eigenvalue weighted by Crippen LogP contribution is 2.27. The number of aryl methyl sites for hydroxylation is 1. The van der Waals surface area contributed by atoms with Crippen molar-refractivity contribution in [1.82, 2.24) is 9.21 Å². The SMILES string of the molecule is CCCN(Cc1ccc(C)cc1)C(=O)C1CCN(S(=O)(=O)c2ccc(F)c(Cl)c2)CC1. The van der Waals surface area contributed by atoms with Crippen LogP contribution in [0.25, 0.3) is 0 Å². The molecule has 5 nitrogen and oxygen atoms in total. The first kappa shape index (κ1) is 23.7. The molecule has 1 amide bonds. The molecule has 3 rings (SSSR count). The molecule has 0 spiro atoms. The lowest BCUT2D eigenvalue weighted by atomic mass is 9.96. The highest BCUT2D eigenvalue weighted by Gasteiger charge is 2.34. The maximum absolute atomic E-state index is 13.4. The first-order chi connectivity index (χ1) is 14.7. The van der Waals surface area contributed by atoms with Gasteiger partial charge in [0.2, 0.25) is 15.9 Å². The van der Waals surface area contributed by atoms with Crippen molar-refractivity contribution in [2.75, 3.05) is 19.6 Å². The first-order valence-electron chi connectivity index (χ1n) is 10.5. The van der Waals surface area contributed by atoms with Crippen LogP contribution < -0.4 is 0 Å². The van der Waals surface area contributed by atoms with Gasteiger partial charge in [-0.3, -0.25) is 4.79 Å². The van der Waals surface area contributed by atoms with Crippen molar-refractivity contribution >= 4 is 27.5 Å². The summed E-state index contributed by atoms with van der Waals surface area (Å²) in [6.07, 6.45) is 1.78. The molecular weight excluding hydrogens is 439 g/mol. The minimum Gasteiger partial charge on any atom is -0.338 e. The second-order valence-electron chi connectivity index (χ2n) is 8.00. The predicted molar refractivity (Wildman–Crippen MR) is 120 cm³/mol. The molecule has 2 aromatic rings. The van der Waals surface area contributed by atoms with Crippen LogP contribution in [0.2, 0.25) is 5.02 Å². The number of piperidine rings is 1. The quantitative estimate of drug-likeness (QED) is 0.598. The molecular formula is C23H28ClFN2O3S. The van der Waals surface area contributed by atoms with E-state index in [1.54, 1.807) is 0 Å². The van der Waals surface area contributed by atoms with Gasteiger partial charge in [0.1, 0.15) is 5.82 Å². The molecule has 0 aliphatic carbocycles. The molecule has 0 atom stereocenters. The average Bonchev–Trinajstić information content (AvgIpc) is 2.76. The largest absolute Gasteiger partial charge is 0.338 e. The normalized spacial score (nSPS) is 15.7. The molecule has 0 saturated carbocycles. The number of hydrogen-bond acceptors (Lipinski definition) is 3. The Morgan fingerprint density at radius 3 is 2.39 bits per heavy atom. The number of hydrogen-bond donors (Lipinski definition) is 0. The molecule has 2 aromatic carbocycles. The van der Waals surface area contributed by atoms with Crippen LogP contribution in [0.3, 0.4) is 0 Å². The maximum Gasteiger partial charge on any atom is 0.243 e. The van der Waals surface area contributed by atoms with Crippen molar-refractivity contribution in [3.8, 4) is 0 Å². The molecule has 8 heteroatoms. The lowest BCUT2D eigenvalue weighted by Crippen LogP contribution is -2.44. The van der Waals surface area contributed by atoms with Gasteiger partial charge in [0.05, 0.1) is 9.92 Å². The Hall–Kier alpha value is -1.96. The molecule has 1 fully saturated rings. The molecule has 168 valence electrons.